The molecule has 0 aliphatic carbocycles. The highest BCUT2D eigenvalue weighted by Crippen LogP contribution is 2.27. The first kappa shape index (κ1) is 17.2. The van der Waals surface area contributed by atoms with Crippen LogP contribution in [0.15, 0.2) is 30.6 Å². The fraction of sp³-hybridized carbons (Fsp3) is 0.444. The summed E-state index contributed by atoms with van der Waals surface area (Å²) in [5.41, 5.74) is 3.62. The van der Waals surface area contributed by atoms with E-state index in [1.165, 1.54) is 21.3 Å². The van der Waals surface area contributed by atoms with E-state index in [1.807, 2.05) is 19.9 Å². The molecule has 2 rings (SSSR count). The number of nitrogens with zero attached hydrogens (tertiary/aromatic N) is 2. The zero-order chi connectivity index (χ0) is 16.8. The molecule has 1 aromatic heterocycles. The third-order valence-electron chi connectivity index (χ3n) is 4.02. The molecule has 124 valence electrons. The van der Waals surface area contributed by atoms with Crippen molar-refractivity contribution in [3.63, 3.8) is 0 Å². The standard InChI is InChI=1S/C18H24N2O3/c1-5-22-11-12-23-18(21)20-10-9-19-17(20)15(4)16-8-6-7-13(2)14(16)3/h6-10,15H,5,11-12H2,1-4H3/t15-/m0/s1. The van der Waals surface area contributed by atoms with Crippen molar-refractivity contribution in [3.8, 4) is 0 Å². The van der Waals surface area contributed by atoms with Crippen LogP contribution in [0.1, 0.15) is 42.3 Å². The highest BCUT2D eigenvalue weighted by molar-refractivity contribution is 5.71. The maximum Gasteiger partial charge on any atom is 0.419 e. The Morgan fingerprint density at radius 2 is 2.09 bits per heavy atom. The van der Waals surface area contributed by atoms with Crippen LogP contribution < -0.4 is 0 Å². The Bertz CT molecular complexity index is 664. The second-order valence-electron chi connectivity index (χ2n) is 5.48. The van der Waals surface area contributed by atoms with Gasteiger partial charge in [0, 0.05) is 24.9 Å². The molecule has 0 unspecified atom stereocenters. The van der Waals surface area contributed by atoms with Crippen LogP contribution in [0.25, 0.3) is 0 Å². The molecule has 1 heterocycles. The minimum atomic E-state index is -0.422. The molecule has 5 heteroatoms. The maximum atomic E-state index is 12.2. The largest absolute Gasteiger partial charge is 0.446 e. The molecule has 2 aromatic rings. The van der Waals surface area contributed by atoms with Gasteiger partial charge < -0.3 is 9.47 Å². The molecule has 23 heavy (non-hydrogen) atoms. The van der Waals surface area contributed by atoms with Crippen LogP contribution in [-0.4, -0.2) is 35.5 Å². The van der Waals surface area contributed by atoms with E-state index in [1.54, 1.807) is 12.4 Å². The van der Waals surface area contributed by atoms with E-state index in [0.29, 0.717) is 19.0 Å². The average Bonchev–Trinajstić information content (AvgIpc) is 3.03. The van der Waals surface area contributed by atoms with Gasteiger partial charge in [-0.1, -0.05) is 25.1 Å². The fourth-order valence-corrected chi connectivity index (χ4v) is 2.57. The van der Waals surface area contributed by atoms with Gasteiger partial charge in [0.2, 0.25) is 0 Å². The molecular weight excluding hydrogens is 292 g/mol. The molecule has 0 aliphatic heterocycles. The molecule has 0 aliphatic rings. The number of imidazole rings is 1. The zero-order valence-electron chi connectivity index (χ0n) is 14.2. The molecule has 0 radical (unpaired) electrons. The predicted octanol–water partition coefficient (Wildman–Crippen LogP) is 3.67. The number of aromatic nitrogens is 2. The summed E-state index contributed by atoms with van der Waals surface area (Å²) in [7, 11) is 0. The monoisotopic (exact) mass is 316 g/mol. The van der Waals surface area contributed by atoms with Gasteiger partial charge in [0.15, 0.2) is 0 Å². The first-order chi connectivity index (χ1) is 11.1. The summed E-state index contributed by atoms with van der Waals surface area (Å²) in [6.45, 7) is 9.38. The van der Waals surface area contributed by atoms with Crippen molar-refractivity contribution in [2.24, 2.45) is 0 Å². The normalized spacial score (nSPS) is 12.2. The smallest absolute Gasteiger partial charge is 0.419 e. The lowest BCUT2D eigenvalue weighted by Gasteiger charge is -2.17. The lowest BCUT2D eigenvalue weighted by atomic mass is 9.93. The number of carbonyl (C=O) groups excluding carboxylic acids is 1. The van der Waals surface area contributed by atoms with Gasteiger partial charge in [0.25, 0.3) is 0 Å². The van der Waals surface area contributed by atoms with Crippen molar-refractivity contribution in [2.75, 3.05) is 19.8 Å². The van der Waals surface area contributed by atoms with Gasteiger partial charge >= 0.3 is 6.09 Å². The van der Waals surface area contributed by atoms with Crippen LogP contribution in [0.4, 0.5) is 4.79 Å². The van der Waals surface area contributed by atoms with Crippen molar-refractivity contribution >= 4 is 6.09 Å². The molecule has 0 amide bonds. The van der Waals surface area contributed by atoms with Crippen molar-refractivity contribution in [1.82, 2.24) is 9.55 Å². The van der Waals surface area contributed by atoms with Gasteiger partial charge in [-0.2, -0.15) is 0 Å². The van der Waals surface area contributed by atoms with Crippen LogP contribution in [-0.2, 0) is 9.47 Å². The molecular formula is C18H24N2O3. The zero-order valence-corrected chi connectivity index (χ0v) is 14.2. The summed E-state index contributed by atoms with van der Waals surface area (Å²) < 4.78 is 11.9. The molecule has 0 bridgehead atoms. The first-order valence-electron chi connectivity index (χ1n) is 7.90. The van der Waals surface area contributed by atoms with Crippen molar-refractivity contribution in [3.05, 3.63) is 53.1 Å². The van der Waals surface area contributed by atoms with E-state index in [-0.39, 0.29) is 12.5 Å². The van der Waals surface area contributed by atoms with Gasteiger partial charge in [0.1, 0.15) is 12.4 Å². The average molecular weight is 316 g/mol. The summed E-state index contributed by atoms with van der Waals surface area (Å²) in [6.07, 6.45) is 2.84. The van der Waals surface area contributed by atoms with E-state index in [0.717, 1.165) is 0 Å². The molecule has 0 fully saturated rings. The molecule has 1 aromatic carbocycles. The van der Waals surface area contributed by atoms with Gasteiger partial charge in [-0.05, 0) is 37.5 Å². The minimum absolute atomic E-state index is 0.00402. The Morgan fingerprint density at radius 1 is 1.30 bits per heavy atom. The fourth-order valence-electron chi connectivity index (χ4n) is 2.57. The lowest BCUT2D eigenvalue weighted by Crippen LogP contribution is -2.20. The predicted molar refractivity (Wildman–Crippen MR) is 88.9 cm³/mol. The van der Waals surface area contributed by atoms with E-state index in [9.17, 15) is 4.79 Å². The minimum Gasteiger partial charge on any atom is -0.446 e. The Morgan fingerprint density at radius 3 is 2.83 bits per heavy atom. The number of hydrogen-bond acceptors (Lipinski definition) is 4. The van der Waals surface area contributed by atoms with Crippen LogP contribution in [0.2, 0.25) is 0 Å². The van der Waals surface area contributed by atoms with Crippen LogP contribution in [0.5, 0.6) is 0 Å². The number of carbonyl (C=O) groups is 1. The van der Waals surface area contributed by atoms with Crippen LogP contribution in [0.3, 0.4) is 0 Å². The van der Waals surface area contributed by atoms with Gasteiger partial charge in [-0.3, -0.25) is 0 Å². The van der Waals surface area contributed by atoms with Crippen molar-refractivity contribution in [1.29, 1.82) is 0 Å². The van der Waals surface area contributed by atoms with Crippen LogP contribution in [0, 0.1) is 13.8 Å². The van der Waals surface area contributed by atoms with Crippen LogP contribution >= 0.6 is 0 Å². The highest BCUT2D eigenvalue weighted by Gasteiger charge is 2.20. The molecule has 0 spiro atoms. The molecule has 0 saturated heterocycles. The van der Waals surface area contributed by atoms with Gasteiger partial charge in [0.05, 0.1) is 6.61 Å². The van der Waals surface area contributed by atoms with Crippen molar-refractivity contribution in [2.45, 2.75) is 33.6 Å². The number of hydrogen-bond donors (Lipinski definition) is 0. The maximum absolute atomic E-state index is 12.2. The molecule has 0 saturated carbocycles. The lowest BCUT2D eigenvalue weighted by molar-refractivity contribution is 0.0791. The molecule has 1 atom stereocenters. The van der Waals surface area contributed by atoms with Gasteiger partial charge in [-0.25, -0.2) is 14.3 Å². The second kappa shape index (κ2) is 7.92. The Balaban J connectivity index is 2.16. The van der Waals surface area contributed by atoms with E-state index in [4.69, 9.17) is 9.47 Å². The summed E-state index contributed by atoms with van der Waals surface area (Å²) in [5, 5.41) is 0. The number of benzene rings is 1. The number of ether oxygens (including phenoxy) is 2. The summed E-state index contributed by atoms with van der Waals surface area (Å²) >= 11 is 0. The Labute approximate surface area is 137 Å². The van der Waals surface area contributed by atoms with Gasteiger partial charge in [-0.15, -0.1) is 0 Å². The third kappa shape index (κ3) is 3.99. The number of rotatable bonds is 6. The molecule has 0 N–H and O–H groups in total. The quantitative estimate of drug-likeness (QED) is 0.763. The van der Waals surface area contributed by atoms with E-state index < -0.39 is 6.09 Å². The summed E-state index contributed by atoms with van der Waals surface area (Å²) in [4.78, 5) is 16.6. The first-order valence-corrected chi connectivity index (χ1v) is 7.90. The number of aryl methyl sites for hydroxylation is 1. The topological polar surface area (TPSA) is 53.4 Å². The van der Waals surface area contributed by atoms with E-state index in [2.05, 4.69) is 31.0 Å². The van der Waals surface area contributed by atoms with Crippen molar-refractivity contribution < 1.29 is 14.3 Å². The van der Waals surface area contributed by atoms with E-state index >= 15 is 0 Å². The SMILES string of the molecule is CCOCCOC(=O)n1ccnc1[C@@H](C)c1cccc(C)c1C. The Hall–Kier alpha value is -2.14. The highest BCUT2D eigenvalue weighted by atomic mass is 16.6. The third-order valence-corrected chi connectivity index (χ3v) is 4.02. The summed E-state index contributed by atoms with van der Waals surface area (Å²) in [5.74, 6) is 0.685. The molecule has 5 nitrogen and oxygen atoms in total. The second-order valence-corrected chi connectivity index (χ2v) is 5.48. The Kier molecular flexibility index (Phi) is 5.93. The summed E-state index contributed by atoms with van der Waals surface area (Å²) in [6, 6.07) is 6.19.